The SMILES string of the molecule is CC1CC(C)N(C(=O)c2cn[nH]c2N)C1. The summed E-state index contributed by atoms with van der Waals surface area (Å²) in [5.41, 5.74) is 6.11. The van der Waals surface area contributed by atoms with Crippen molar-refractivity contribution in [1.82, 2.24) is 15.1 Å². The zero-order valence-electron chi connectivity index (χ0n) is 9.03. The Kier molecular flexibility index (Phi) is 2.38. The highest BCUT2D eigenvalue weighted by Crippen LogP contribution is 2.25. The van der Waals surface area contributed by atoms with E-state index in [1.807, 2.05) is 4.90 Å². The molecule has 1 saturated heterocycles. The van der Waals surface area contributed by atoms with Crippen LogP contribution >= 0.6 is 0 Å². The van der Waals surface area contributed by atoms with Gasteiger partial charge < -0.3 is 10.6 Å². The number of carbonyl (C=O) groups excluding carboxylic acids is 1. The predicted molar refractivity (Wildman–Crippen MR) is 57.3 cm³/mol. The van der Waals surface area contributed by atoms with Crippen LogP contribution < -0.4 is 5.73 Å². The van der Waals surface area contributed by atoms with E-state index < -0.39 is 0 Å². The molecule has 0 saturated carbocycles. The lowest BCUT2D eigenvalue weighted by Gasteiger charge is -2.20. The number of nitrogen functional groups attached to an aromatic ring is 1. The average Bonchev–Trinajstić information content (AvgIpc) is 2.71. The highest BCUT2D eigenvalue weighted by Gasteiger charge is 2.31. The quantitative estimate of drug-likeness (QED) is 0.718. The summed E-state index contributed by atoms with van der Waals surface area (Å²) in [5.74, 6) is 0.905. The third-order valence-corrected chi connectivity index (χ3v) is 2.94. The van der Waals surface area contributed by atoms with Gasteiger partial charge in [0, 0.05) is 12.6 Å². The lowest BCUT2D eigenvalue weighted by Crippen LogP contribution is -2.34. The molecule has 1 fully saturated rings. The maximum absolute atomic E-state index is 12.1. The fraction of sp³-hybridized carbons (Fsp3) is 0.600. The van der Waals surface area contributed by atoms with Crippen molar-refractivity contribution < 1.29 is 4.79 Å². The second-order valence-electron chi connectivity index (χ2n) is 4.34. The van der Waals surface area contributed by atoms with Crippen LogP contribution in [0.15, 0.2) is 6.20 Å². The van der Waals surface area contributed by atoms with Gasteiger partial charge in [0.1, 0.15) is 11.4 Å². The fourth-order valence-electron chi connectivity index (χ4n) is 2.20. The minimum absolute atomic E-state index is 0.0156. The van der Waals surface area contributed by atoms with Crippen LogP contribution in [0.2, 0.25) is 0 Å². The van der Waals surface area contributed by atoms with Crippen LogP contribution in [0.1, 0.15) is 30.6 Å². The number of anilines is 1. The molecule has 1 aliphatic rings. The summed E-state index contributed by atoms with van der Waals surface area (Å²) in [6.07, 6.45) is 2.55. The van der Waals surface area contributed by atoms with E-state index in [9.17, 15) is 4.79 Å². The van der Waals surface area contributed by atoms with Gasteiger partial charge in [-0.15, -0.1) is 0 Å². The van der Waals surface area contributed by atoms with Gasteiger partial charge in [-0.3, -0.25) is 9.89 Å². The molecule has 0 aromatic carbocycles. The minimum Gasteiger partial charge on any atom is -0.383 e. The molecule has 0 bridgehead atoms. The van der Waals surface area contributed by atoms with Crippen molar-refractivity contribution in [2.75, 3.05) is 12.3 Å². The van der Waals surface area contributed by atoms with Crippen molar-refractivity contribution in [2.24, 2.45) is 5.92 Å². The van der Waals surface area contributed by atoms with E-state index >= 15 is 0 Å². The van der Waals surface area contributed by atoms with Crippen LogP contribution in [0, 0.1) is 5.92 Å². The van der Waals surface area contributed by atoms with E-state index in [1.54, 1.807) is 0 Å². The molecular formula is C10H16N4O. The van der Waals surface area contributed by atoms with Gasteiger partial charge in [-0.25, -0.2) is 0 Å². The molecule has 82 valence electrons. The normalized spacial score (nSPS) is 25.9. The molecule has 1 amide bonds. The summed E-state index contributed by atoms with van der Waals surface area (Å²) < 4.78 is 0. The van der Waals surface area contributed by atoms with E-state index in [1.165, 1.54) is 6.20 Å². The number of carbonyl (C=O) groups is 1. The molecule has 3 N–H and O–H groups in total. The molecule has 5 heteroatoms. The van der Waals surface area contributed by atoms with Crippen molar-refractivity contribution >= 4 is 11.7 Å². The summed E-state index contributed by atoms with van der Waals surface area (Å²) >= 11 is 0. The maximum Gasteiger partial charge on any atom is 0.259 e. The van der Waals surface area contributed by atoms with E-state index in [0.717, 1.165) is 13.0 Å². The Morgan fingerprint density at radius 3 is 2.87 bits per heavy atom. The van der Waals surface area contributed by atoms with Gasteiger partial charge >= 0.3 is 0 Å². The van der Waals surface area contributed by atoms with Gasteiger partial charge in [-0.1, -0.05) is 6.92 Å². The molecule has 2 rings (SSSR count). The average molecular weight is 208 g/mol. The topological polar surface area (TPSA) is 75.0 Å². The summed E-state index contributed by atoms with van der Waals surface area (Å²) in [4.78, 5) is 13.9. The molecule has 1 aliphatic heterocycles. The zero-order valence-corrected chi connectivity index (χ0v) is 9.03. The molecule has 0 radical (unpaired) electrons. The Hall–Kier alpha value is -1.52. The van der Waals surface area contributed by atoms with Crippen LogP contribution in [0.25, 0.3) is 0 Å². The van der Waals surface area contributed by atoms with E-state index in [-0.39, 0.29) is 5.91 Å². The molecule has 0 spiro atoms. The van der Waals surface area contributed by atoms with Gasteiger partial charge in [-0.2, -0.15) is 5.10 Å². The van der Waals surface area contributed by atoms with Gasteiger partial charge in [0.15, 0.2) is 0 Å². The number of hydrogen-bond acceptors (Lipinski definition) is 3. The molecule has 0 aliphatic carbocycles. The van der Waals surface area contributed by atoms with Crippen molar-refractivity contribution in [3.63, 3.8) is 0 Å². The smallest absolute Gasteiger partial charge is 0.259 e. The molecule has 15 heavy (non-hydrogen) atoms. The van der Waals surface area contributed by atoms with E-state index in [4.69, 9.17) is 5.73 Å². The highest BCUT2D eigenvalue weighted by molar-refractivity contribution is 5.98. The Labute approximate surface area is 88.6 Å². The Morgan fingerprint density at radius 1 is 1.67 bits per heavy atom. The summed E-state index contributed by atoms with van der Waals surface area (Å²) in [6, 6.07) is 0.293. The number of hydrogen-bond donors (Lipinski definition) is 2. The Morgan fingerprint density at radius 2 is 2.40 bits per heavy atom. The molecule has 1 aromatic heterocycles. The number of H-pyrrole nitrogens is 1. The fourth-order valence-corrected chi connectivity index (χ4v) is 2.20. The first-order chi connectivity index (χ1) is 7.09. The van der Waals surface area contributed by atoms with Gasteiger partial charge in [0.2, 0.25) is 0 Å². The van der Waals surface area contributed by atoms with E-state index in [2.05, 4.69) is 24.0 Å². The number of rotatable bonds is 1. The van der Waals surface area contributed by atoms with Gasteiger partial charge in [0.05, 0.1) is 6.20 Å². The first-order valence-corrected chi connectivity index (χ1v) is 5.19. The molecule has 2 heterocycles. The van der Waals surface area contributed by atoms with Crippen LogP contribution in [-0.2, 0) is 0 Å². The summed E-state index contributed by atoms with van der Waals surface area (Å²) in [7, 11) is 0. The number of aromatic nitrogens is 2. The van der Waals surface area contributed by atoms with Crippen LogP contribution in [0.3, 0.4) is 0 Å². The van der Waals surface area contributed by atoms with Crippen molar-refractivity contribution in [1.29, 1.82) is 0 Å². The standard InChI is InChI=1S/C10H16N4O/c1-6-3-7(2)14(5-6)10(15)8-4-12-13-9(8)11/h4,6-7H,3,5H2,1-2H3,(H3,11,12,13). The van der Waals surface area contributed by atoms with Gasteiger partial charge in [-0.05, 0) is 19.3 Å². The van der Waals surface area contributed by atoms with Crippen molar-refractivity contribution in [3.05, 3.63) is 11.8 Å². The number of likely N-dealkylation sites (tertiary alicyclic amines) is 1. The first kappa shape index (κ1) is 10.0. The molecule has 5 nitrogen and oxygen atoms in total. The third kappa shape index (κ3) is 1.69. The molecule has 2 atom stereocenters. The number of nitrogens with zero attached hydrogens (tertiary/aromatic N) is 2. The number of nitrogens with two attached hydrogens (primary N) is 1. The Bertz CT molecular complexity index is 373. The largest absolute Gasteiger partial charge is 0.383 e. The molecule has 2 unspecified atom stereocenters. The molecular weight excluding hydrogens is 192 g/mol. The Balaban J connectivity index is 2.19. The van der Waals surface area contributed by atoms with Crippen molar-refractivity contribution in [3.8, 4) is 0 Å². The first-order valence-electron chi connectivity index (χ1n) is 5.19. The lowest BCUT2D eigenvalue weighted by molar-refractivity contribution is 0.0745. The number of amides is 1. The minimum atomic E-state index is -0.0156. The monoisotopic (exact) mass is 208 g/mol. The zero-order chi connectivity index (χ0) is 11.0. The number of nitrogens with one attached hydrogen (secondary N) is 1. The third-order valence-electron chi connectivity index (χ3n) is 2.94. The summed E-state index contributed by atoms with van der Waals surface area (Å²) in [5, 5.41) is 6.34. The van der Waals surface area contributed by atoms with Crippen LogP contribution in [-0.4, -0.2) is 33.6 Å². The van der Waals surface area contributed by atoms with Crippen molar-refractivity contribution in [2.45, 2.75) is 26.3 Å². The van der Waals surface area contributed by atoms with Crippen LogP contribution in [0.5, 0.6) is 0 Å². The second kappa shape index (κ2) is 3.56. The second-order valence-corrected chi connectivity index (χ2v) is 4.34. The maximum atomic E-state index is 12.1. The predicted octanol–water partition coefficient (Wildman–Crippen LogP) is 0.862. The van der Waals surface area contributed by atoms with E-state index in [0.29, 0.717) is 23.3 Å². The van der Waals surface area contributed by atoms with Crippen LogP contribution in [0.4, 0.5) is 5.82 Å². The number of aromatic amines is 1. The lowest BCUT2D eigenvalue weighted by atomic mass is 10.1. The highest BCUT2D eigenvalue weighted by atomic mass is 16.2. The molecule has 1 aromatic rings. The summed E-state index contributed by atoms with van der Waals surface area (Å²) in [6.45, 7) is 5.03. The van der Waals surface area contributed by atoms with Gasteiger partial charge in [0.25, 0.3) is 5.91 Å².